The quantitative estimate of drug-likeness (QED) is 0.575. The highest BCUT2D eigenvalue weighted by Gasteiger charge is 2.09. The largest absolute Gasteiger partial charge is 0.130 e. The summed E-state index contributed by atoms with van der Waals surface area (Å²) >= 11 is 1.83. The van der Waals surface area contributed by atoms with Crippen molar-refractivity contribution in [3.05, 3.63) is 29.3 Å². The van der Waals surface area contributed by atoms with Crippen molar-refractivity contribution in [3.63, 3.8) is 0 Å². The van der Waals surface area contributed by atoms with Crippen molar-refractivity contribution in [3.8, 4) is 0 Å². The Balaban J connectivity index is 2.41. The molecule has 0 amide bonds. The van der Waals surface area contributed by atoms with Crippen LogP contribution in [0.15, 0.2) is 23.1 Å². The van der Waals surface area contributed by atoms with Crippen molar-refractivity contribution in [2.45, 2.75) is 24.2 Å². The Labute approximate surface area is 72.0 Å². The van der Waals surface area contributed by atoms with Crippen LogP contribution in [-0.2, 0) is 12.8 Å². The molecule has 1 aliphatic rings. The van der Waals surface area contributed by atoms with E-state index >= 15 is 0 Å². The topological polar surface area (TPSA) is 0 Å². The van der Waals surface area contributed by atoms with Gasteiger partial charge in [0.1, 0.15) is 0 Å². The number of rotatable bonds is 1. The van der Waals surface area contributed by atoms with Gasteiger partial charge in [-0.15, -0.1) is 11.8 Å². The number of thioether (sulfide) groups is 1. The second kappa shape index (κ2) is 2.90. The van der Waals surface area contributed by atoms with Crippen molar-refractivity contribution >= 4 is 11.8 Å². The van der Waals surface area contributed by atoms with Crippen LogP contribution in [0.1, 0.15) is 17.5 Å². The number of aryl methyl sites for hydroxylation is 2. The molecule has 11 heavy (non-hydrogen) atoms. The maximum atomic E-state index is 2.34. The zero-order chi connectivity index (χ0) is 7.68. The summed E-state index contributed by atoms with van der Waals surface area (Å²) in [4.78, 5) is 1.41. The molecule has 0 aromatic heterocycles. The number of hydrogen-bond acceptors (Lipinski definition) is 1. The summed E-state index contributed by atoms with van der Waals surface area (Å²) in [6.45, 7) is 0. The molecule has 0 radical (unpaired) electrons. The van der Waals surface area contributed by atoms with Gasteiger partial charge in [-0.3, -0.25) is 0 Å². The Morgan fingerprint density at radius 2 is 2.00 bits per heavy atom. The first kappa shape index (κ1) is 7.23. The van der Waals surface area contributed by atoms with Crippen LogP contribution in [0.5, 0.6) is 0 Å². The highest BCUT2D eigenvalue weighted by atomic mass is 32.2. The van der Waals surface area contributed by atoms with E-state index in [1.807, 2.05) is 11.8 Å². The number of hydrogen-bond donors (Lipinski definition) is 0. The van der Waals surface area contributed by atoms with Crippen molar-refractivity contribution < 1.29 is 0 Å². The van der Waals surface area contributed by atoms with Crippen molar-refractivity contribution in [2.75, 3.05) is 6.26 Å². The van der Waals surface area contributed by atoms with Crippen LogP contribution in [0.2, 0.25) is 0 Å². The molecule has 0 aliphatic heterocycles. The van der Waals surface area contributed by atoms with Gasteiger partial charge in [0.25, 0.3) is 0 Å². The molecule has 0 spiro atoms. The maximum absolute atomic E-state index is 2.34. The number of fused-ring (bicyclic) bond motifs is 1. The first-order valence-electron chi connectivity index (χ1n) is 4.06. The van der Waals surface area contributed by atoms with Crippen LogP contribution >= 0.6 is 11.8 Å². The van der Waals surface area contributed by atoms with E-state index in [4.69, 9.17) is 0 Å². The van der Waals surface area contributed by atoms with Crippen LogP contribution in [0.4, 0.5) is 0 Å². The highest BCUT2D eigenvalue weighted by Crippen LogP contribution is 2.26. The van der Waals surface area contributed by atoms with Crippen LogP contribution in [0.25, 0.3) is 0 Å². The molecular formula is C10H12S. The molecule has 0 nitrogen and oxygen atoms in total. The normalized spacial score (nSPS) is 15.0. The van der Waals surface area contributed by atoms with E-state index in [0.717, 1.165) is 0 Å². The molecule has 0 atom stereocenters. The average Bonchev–Trinajstić information content (AvgIpc) is 2.50. The molecule has 2 rings (SSSR count). The molecule has 1 heteroatoms. The Hall–Kier alpha value is -0.430. The third kappa shape index (κ3) is 1.30. The molecule has 1 aliphatic carbocycles. The monoisotopic (exact) mass is 164 g/mol. The lowest BCUT2D eigenvalue weighted by Crippen LogP contribution is -1.81. The summed E-state index contributed by atoms with van der Waals surface area (Å²) in [5.41, 5.74) is 3.15. The van der Waals surface area contributed by atoms with Crippen molar-refractivity contribution in [1.29, 1.82) is 0 Å². The first-order valence-corrected chi connectivity index (χ1v) is 5.28. The third-order valence-corrected chi connectivity index (χ3v) is 3.03. The third-order valence-electron chi connectivity index (χ3n) is 2.31. The molecule has 0 saturated carbocycles. The Kier molecular flexibility index (Phi) is 1.91. The fourth-order valence-corrected chi connectivity index (χ4v) is 2.14. The predicted octanol–water partition coefficient (Wildman–Crippen LogP) is 2.90. The molecule has 0 heterocycles. The highest BCUT2D eigenvalue weighted by molar-refractivity contribution is 7.98. The lowest BCUT2D eigenvalue weighted by molar-refractivity contribution is 0.911. The first-order chi connectivity index (χ1) is 5.40. The zero-order valence-electron chi connectivity index (χ0n) is 6.76. The average molecular weight is 164 g/mol. The van der Waals surface area contributed by atoms with E-state index in [1.54, 1.807) is 11.1 Å². The van der Waals surface area contributed by atoms with Gasteiger partial charge in [0, 0.05) is 4.90 Å². The molecular weight excluding hydrogens is 152 g/mol. The van der Waals surface area contributed by atoms with Gasteiger partial charge in [0.15, 0.2) is 0 Å². The second-order valence-electron chi connectivity index (χ2n) is 2.99. The lowest BCUT2D eigenvalue weighted by Gasteiger charge is -2.00. The Morgan fingerprint density at radius 3 is 2.82 bits per heavy atom. The summed E-state index contributed by atoms with van der Waals surface area (Å²) in [5.74, 6) is 0. The summed E-state index contributed by atoms with van der Waals surface area (Å²) in [6, 6.07) is 6.86. The summed E-state index contributed by atoms with van der Waals surface area (Å²) < 4.78 is 0. The lowest BCUT2D eigenvalue weighted by atomic mass is 10.1. The van der Waals surface area contributed by atoms with Crippen molar-refractivity contribution in [1.82, 2.24) is 0 Å². The second-order valence-corrected chi connectivity index (χ2v) is 3.87. The van der Waals surface area contributed by atoms with Gasteiger partial charge in [0.2, 0.25) is 0 Å². The van der Waals surface area contributed by atoms with E-state index < -0.39 is 0 Å². The molecule has 0 saturated heterocycles. The van der Waals surface area contributed by atoms with E-state index in [0.29, 0.717) is 0 Å². The minimum absolute atomic E-state index is 1.30. The summed E-state index contributed by atoms with van der Waals surface area (Å²) in [6.07, 6.45) is 6.08. The summed E-state index contributed by atoms with van der Waals surface area (Å²) in [7, 11) is 0. The van der Waals surface area contributed by atoms with Gasteiger partial charge >= 0.3 is 0 Å². The van der Waals surface area contributed by atoms with Crippen molar-refractivity contribution in [2.24, 2.45) is 0 Å². The molecule has 0 N–H and O–H groups in total. The van der Waals surface area contributed by atoms with E-state index in [-0.39, 0.29) is 0 Å². The smallest absolute Gasteiger partial charge is 0.00720 e. The minimum Gasteiger partial charge on any atom is -0.130 e. The molecule has 0 bridgehead atoms. The van der Waals surface area contributed by atoms with Crippen LogP contribution in [0.3, 0.4) is 0 Å². The van der Waals surface area contributed by atoms with Gasteiger partial charge in [-0.05, 0) is 48.8 Å². The fraction of sp³-hybridized carbons (Fsp3) is 0.400. The van der Waals surface area contributed by atoms with E-state index in [2.05, 4.69) is 24.5 Å². The Morgan fingerprint density at radius 1 is 1.18 bits per heavy atom. The predicted molar refractivity (Wildman–Crippen MR) is 50.2 cm³/mol. The van der Waals surface area contributed by atoms with Gasteiger partial charge in [-0.25, -0.2) is 0 Å². The van der Waals surface area contributed by atoms with Crippen LogP contribution in [-0.4, -0.2) is 6.26 Å². The van der Waals surface area contributed by atoms with E-state index in [1.165, 1.54) is 24.2 Å². The standard InChI is InChI=1S/C10H12S/c1-11-10-6-5-8-3-2-4-9(8)7-10/h5-7H,2-4H2,1H3. The molecule has 1 aromatic carbocycles. The van der Waals surface area contributed by atoms with Gasteiger partial charge < -0.3 is 0 Å². The molecule has 0 fully saturated rings. The maximum Gasteiger partial charge on any atom is 0.00720 e. The molecule has 58 valence electrons. The molecule has 0 unspecified atom stereocenters. The summed E-state index contributed by atoms with van der Waals surface area (Å²) in [5, 5.41) is 0. The minimum atomic E-state index is 1.30. The zero-order valence-corrected chi connectivity index (χ0v) is 7.58. The van der Waals surface area contributed by atoms with Crippen LogP contribution in [0, 0.1) is 0 Å². The molecule has 1 aromatic rings. The van der Waals surface area contributed by atoms with Gasteiger partial charge in [-0.1, -0.05) is 6.07 Å². The van der Waals surface area contributed by atoms with E-state index in [9.17, 15) is 0 Å². The Bertz CT molecular complexity index is 266. The van der Waals surface area contributed by atoms with Gasteiger partial charge in [0.05, 0.1) is 0 Å². The fourth-order valence-electron chi connectivity index (χ4n) is 1.68. The van der Waals surface area contributed by atoms with Gasteiger partial charge in [-0.2, -0.15) is 0 Å². The van der Waals surface area contributed by atoms with Crippen LogP contribution < -0.4 is 0 Å². The SMILES string of the molecule is CSc1ccc2c(c1)CCC2. The number of benzene rings is 1.